The Morgan fingerprint density at radius 3 is 2.70 bits per heavy atom. The predicted octanol–water partition coefficient (Wildman–Crippen LogP) is 2.63. The molecule has 7 heteroatoms. The highest BCUT2D eigenvalue weighted by atomic mass is 19.4. The molecule has 1 aromatic heterocycles. The lowest BCUT2D eigenvalue weighted by Gasteiger charge is -2.11. The standard InChI is InChI=1S/C13H15F3N2O2/c1-7(19)5-17-6-9-3-10(13(14,15)16)12-11(4-9)18-8(2)20-12/h3-4,7,17,19H,5-6H2,1-2H3/t7-/m1/s1. The minimum atomic E-state index is -4.50. The van der Waals surface area contributed by atoms with Crippen molar-refractivity contribution in [2.45, 2.75) is 32.7 Å². The predicted molar refractivity (Wildman–Crippen MR) is 67.1 cm³/mol. The van der Waals surface area contributed by atoms with Crippen molar-refractivity contribution < 1.29 is 22.7 Å². The second kappa shape index (κ2) is 5.41. The van der Waals surface area contributed by atoms with Gasteiger partial charge in [0.1, 0.15) is 11.1 Å². The third-order valence-electron chi connectivity index (χ3n) is 2.73. The number of fused-ring (bicyclic) bond motifs is 1. The van der Waals surface area contributed by atoms with Crippen molar-refractivity contribution in [1.82, 2.24) is 10.3 Å². The Kier molecular flexibility index (Phi) is 4.01. The summed E-state index contributed by atoms with van der Waals surface area (Å²) in [5.41, 5.74) is -0.441. The summed E-state index contributed by atoms with van der Waals surface area (Å²) in [7, 11) is 0. The number of rotatable bonds is 4. The lowest BCUT2D eigenvalue weighted by molar-refractivity contribution is -0.136. The maximum absolute atomic E-state index is 13.0. The van der Waals surface area contributed by atoms with Crippen LogP contribution in [0.3, 0.4) is 0 Å². The van der Waals surface area contributed by atoms with E-state index in [2.05, 4.69) is 10.3 Å². The molecule has 0 aliphatic heterocycles. The summed E-state index contributed by atoms with van der Waals surface area (Å²) in [6, 6.07) is 2.60. The van der Waals surface area contributed by atoms with E-state index in [0.717, 1.165) is 6.07 Å². The molecule has 0 amide bonds. The average Bonchev–Trinajstić information content (AvgIpc) is 2.66. The van der Waals surface area contributed by atoms with Crippen molar-refractivity contribution in [3.63, 3.8) is 0 Å². The second-order valence-corrected chi connectivity index (χ2v) is 4.70. The van der Waals surface area contributed by atoms with Gasteiger partial charge in [-0.15, -0.1) is 0 Å². The van der Waals surface area contributed by atoms with Gasteiger partial charge in [-0.3, -0.25) is 0 Å². The molecule has 110 valence electrons. The number of aryl methyl sites for hydroxylation is 1. The fourth-order valence-corrected chi connectivity index (χ4v) is 1.94. The summed E-state index contributed by atoms with van der Waals surface area (Å²) < 4.78 is 44.1. The minimum absolute atomic E-state index is 0.186. The SMILES string of the molecule is Cc1nc2cc(CNC[C@@H](C)O)cc(C(F)(F)F)c2o1. The van der Waals surface area contributed by atoms with Gasteiger partial charge >= 0.3 is 6.18 Å². The molecule has 2 N–H and O–H groups in total. The van der Waals surface area contributed by atoms with Crippen LogP contribution in [-0.4, -0.2) is 22.7 Å². The number of nitrogens with zero attached hydrogens (tertiary/aromatic N) is 1. The van der Waals surface area contributed by atoms with Gasteiger partial charge in [-0.25, -0.2) is 4.98 Å². The lowest BCUT2D eigenvalue weighted by Crippen LogP contribution is -2.24. The summed E-state index contributed by atoms with van der Waals surface area (Å²) >= 11 is 0. The Morgan fingerprint density at radius 1 is 1.40 bits per heavy atom. The van der Waals surface area contributed by atoms with E-state index in [1.54, 1.807) is 13.0 Å². The second-order valence-electron chi connectivity index (χ2n) is 4.70. The minimum Gasteiger partial charge on any atom is -0.440 e. The Hall–Kier alpha value is -1.60. The maximum atomic E-state index is 13.0. The molecular weight excluding hydrogens is 273 g/mol. The number of nitrogens with one attached hydrogen (secondary N) is 1. The van der Waals surface area contributed by atoms with E-state index in [1.165, 1.54) is 6.92 Å². The van der Waals surface area contributed by atoms with Crippen molar-refractivity contribution in [3.05, 3.63) is 29.2 Å². The van der Waals surface area contributed by atoms with E-state index in [0.29, 0.717) is 12.1 Å². The summed E-state index contributed by atoms with van der Waals surface area (Å²) in [6.45, 7) is 3.62. The zero-order valence-electron chi connectivity index (χ0n) is 11.1. The molecule has 0 aliphatic rings. The first-order chi connectivity index (χ1) is 9.27. The van der Waals surface area contributed by atoms with Gasteiger partial charge in [0.25, 0.3) is 0 Å². The average molecular weight is 288 g/mol. The molecule has 20 heavy (non-hydrogen) atoms. The number of halogens is 3. The van der Waals surface area contributed by atoms with Crippen LogP contribution in [0.25, 0.3) is 11.1 Å². The number of aromatic nitrogens is 1. The van der Waals surface area contributed by atoms with Crippen molar-refractivity contribution >= 4 is 11.1 Å². The molecule has 4 nitrogen and oxygen atoms in total. The lowest BCUT2D eigenvalue weighted by atomic mass is 10.1. The van der Waals surface area contributed by atoms with E-state index >= 15 is 0 Å². The van der Waals surface area contributed by atoms with Crippen LogP contribution in [0.15, 0.2) is 16.5 Å². The monoisotopic (exact) mass is 288 g/mol. The zero-order valence-corrected chi connectivity index (χ0v) is 11.1. The molecular formula is C13H15F3N2O2. The number of aliphatic hydroxyl groups excluding tert-OH is 1. The first-order valence-corrected chi connectivity index (χ1v) is 6.13. The molecule has 1 heterocycles. The summed E-state index contributed by atoms with van der Waals surface area (Å²) in [5.74, 6) is 0.194. The molecule has 0 saturated carbocycles. The number of hydrogen-bond donors (Lipinski definition) is 2. The van der Waals surface area contributed by atoms with Crippen LogP contribution < -0.4 is 5.32 Å². The topological polar surface area (TPSA) is 58.3 Å². The molecule has 0 fully saturated rings. The number of alkyl halides is 3. The van der Waals surface area contributed by atoms with Crippen LogP contribution >= 0.6 is 0 Å². The third-order valence-corrected chi connectivity index (χ3v) is 2.73. The number of hydrogen-bond acceptors (Lipinski definition) is 4. The highest BCUT2D eigenvalue weighted by molar-refractivity contribution is 5.78. The molecule has 0 aliphatic carbocycles. The Labute approximate surface area is 113 Å². The number of aliphatic hydroxyl groups is 1. The van der Waals surface area contributed by atoms with Crippen LogP contribution in [-0.2, 0) is 12.7 Å². The van der Waals surface area contributed by atoms with Crippen molar-refractivity contribution in [2.75, 3.05) is 6.54 Å². The quantitative estimate of drug-likeness (QED) is 0.908. The molecule has 1 atom stereocenters. The van der Waals surface area contributed by atoms with E-state index < -0.39 is 17.8 Å². The largest absolute Gasteiger partial charge is 0.440 e. The van der Waals surface area contributed by atoms with Crippen molar-refractivity contribution in [1.29, 1.82) is 0 Å². The first kappa shape index (κ1) is 14.8. The molecule has 1 aromatic carbocycles. The zero-order chi connectivity index (χ0) is 14.9. The molecule has 2 aromatic rings. The van der Waals surface area contributed by atoms with Gasteiger partial charge in [0.2, 0.25) is 0 Å². The van der Waals surface area contributed by atoms with Gasteiger partial charge < -0.3 is 14.8 Å². The van der Waals surface area contributed by atoms with Gasteiger partial charge in [0.15, 0.2) is 11.5 Å². The summed E-state index contributed by atoms with van der Waals surface area (Å²) in [5, 5.41) is 12.0. The van der Waals surface area contributed by atoms with Crippen LogP contribution in [0, 0.1) is 6.92 Å². The third kappa shape index (κ3) is 3.29. The molecule has 0 unspecified atom stereocenters. The van der Waals surface area contributed by atoms with Crippen LogP contribution in [0.1, 0.15) is 23.9 Å². The molecule has 2 rings (SSSR count). The van der Waals surface area contributed by atoms with Gasteiger partial charge in [0.05, 0.1) is 6.10 Å². The van der Waals surface area contributed by atoms with Crippen LogP contribution in [0.2, 0.25) is 0 Å². The highest BCUT2D eigenvalue weighted by Crippen LogP contribution is 2.36. The van der Waals surface area contributed by atoms with Crippen molar-refractivity contribution in [2.24, 2.45) is 0 Å². The van der Waals surface area contributed by atoms with Crippen LogP contribution in [0.5, 0.6) is 0 Å². The normalized spacial score (nSPS) is 13.9. The summed E-state index contributed by atoms with van der Waals surface area (Å²) in [6.07, 6.45) is -5.06. The fraction of sp³-hybridized carbons (Fsp3) is 0.462. The highest BCUT2D eigenvalue weighted by Gasteiger charge is 2.35. The number of oxazole rings is 1. The van der Waals surface area contributed by atoms with Gasteiger partial charge in [-0.1, -0.05) is 0 Å². The fourth-order valence-electron chi connectivity index (χ4n) is 1.94. The smallest absolute Gasteiger partial charge is 0.420 e. The van der Waals surface area contributed by atoms with E-state index in [-0.39, 0.29) is 23.5 Å². The summed E-state index contributed by atoms with van der Waals surface area (Å²) in [4.78, 5) is 3.95. The molecule has 0 saturated heterocycles. The molecule has 0 bridgehead atoms. The number of benzene rings is 1. The van der Waals surface area contributed by atoms with E-state index in [1.807, 2.05) is 0 Å². The van der Waals surface area contributed by atoms with Crippen molar-refractivity contribution in [3.8, 4) is 0 Å². The van der Waals surface area contributed by atoms with Gasteiger partial charge in [0, 0.05) is 20.0 Å². The Morgan fingerprint density at radius 2 is 2.10 bits per heavy atom. The Balaban J connectivity index is 2.37. The van der Waals surface area contributed by atoms with Crippen LogP contribution in [0.4, 0.5) is 13.2 Å². The molecule has 0 spiro atoms. The van der Waals surface area contributed by atoms with E-state index in [9.17, 15) is 13.2 Å². The van der Waals surface area contributed by atoms with Gasteiger partial charge in [-0.2, -0.15) is 13.2 Å². The first-order valence-electron chi connectivity index (χ1n) is 6.13. The maximum Gasteiger partial charge on any atom is 0.420 e. The van der Waals surface area contributed by atoms with Gasteiger partial charge in [-0.05, 0) is 24.6 Å². The Bertz CT molecular complexity index is 605. The molecule has 0 radical (unpaired) electrons. The van der Waals surface area contributed by atoms with E-state index in [4.69, 9.17) is 9.52 Å².